The third kappa shape index (κ3) is 4.61. The highest BCUT2D eigenvalue weighted by Gasteiger charge is 2.53. The molecule has 0 saturated carbocycles. The Labute approximate surface area is 193 Å². The van der Waals surface area contributed by atoms with Crippen LogP contribution in [-0.2, 0) is 15.0 Å². The Bertz CT molecular complexity index is 1110. The van der Waals surface area contributed by atoms with Gasteiger partial charge in [-0.15, -0.1) is 0 Å². The zero-order valence-corrected chi connectivity index (χ0v) is 18.7. The van der Waals surface area contributed by atoms with Gasteiger partial charge in [-0.05, 0) is 60.4 Å². The molecule has 3 aromatic carbocycles. The molecule has 0 unspecified atom stereocenters. The van der Waals surface area contributed by atoms with E-state index >= 15 is 0 Å². The van der Waals surface area contributed by atoms with Crippen LogP contribution in [0.2, 0.25) is 0 Å². The predicted molar refractivity (Wildman–Crippen MR) is 125 cm³/mol. The second-order valence-electron chi connectivity index (χ2n) is 8.25. The molecule has 1 amide bonds. The molecule has 1 saturated heterocycles. The molecular formula is C27H27NO5. The Morgan fingerprint density at radius 3 is 2.21 bits per heavy atom. The van der Waals surface area contributed by atoms with Crippen LogP contribution in [0.3, 0.4) is 0 Å². The van der Waals surface area contributed by atoms with Crippen molar-refractivity contribution < 1.29 is 24.2 Å². The number of hydrogen-bond acceptors (Lipinski definition) is 5. The molecule has 0 bridgehead atoms. The topological polar surface area (TPSA) is 76.1 Å². The third-order valence-electron chi connectivity index (χ3n) is 6.16. The molecule has 6 heteroatoms. The SMILES string of the molecule is COc1ccc(N2C[C@@](CC[C@H](O)c3ccccc3)(c3ccc(OC(C)=O)cc3)C2=O)cc1. The number of methoxy groups -OCH3 is 1. The first kappa shape index (κ1) is 22.6. The average Bonchev–Trinajstić information content (AvgIpc) is 2.84. The molecule has 4 rings (SSSR count). The van der Waals surface area contributed by atoms with Gasteiger partial charge in [-0.25, -0.2) is 0 Å². The second kappa shape index (κ2) is 9.46. The lowest BCUT2D eigenvalue weighted by atomic mass is 9.68. The van der Waals surface area contributed by atoms with Crippen molar-refractivity contribution in [3.8, 4) is 11.5 Å². The van der Waals surface area contributed by atoms with Gasteiger partial charge in [0.15, 0.2) is 0 Å². The maximum absolute atomic E-state index is 13.6. The minimum atomic E-state index is -0.759. The van der Waals surface area contributed by atoms with Crippen LogP contribution in [0.25, 0.3) is 0 Å². The molecule has 0 spiro atoms. The van der Waals surface area contributed by atoms with Crippen LogP contribution in [0.4, 0.5) is 5.69 Å². The van der Waals surface area contributed by atoms with Gasteiger partial charge in [0.25, 0.3) is 0 Å². The summed E-state index contributed by atoms with van der Waals surface area (Å²) in [6.45, 7) is 1.84. The summed E-state index contributed by atoms with van der Waals surface area (Å²) < 4.78 is 10.4. The molecule has 1 aliphatic rings. The van der Waals surface area contributed by atoms with Gasteiger partial charge >= 0.3 is 5.97 Å². The van der Waals surface area contributed by atoms with E-state index in [1.54, 1.807) is 24.1 Å². The van der Waals surface area contributed by atoms with Gasteiger partial charge in [0.2, 0.25) is 5.91 Å². The highest BCUT2D eigenvalue weighted by Crippen LogP contribution is 2.44. The van der Waals surface area contributed by atoms with Crippen molar-refractivity contribution in [2.75, 3.05) is 18.6 Å². The zero-order chi connectivity index (χ0) is 23.4. The van der Waals surface area contributed by atoms with E-state index in [-0.39, 0.29) is 5.91 Å². The molecule has 2 atom stereocenters. The Kier molecular flexibility index (Phi) is 6.47. The van der Waals surface area contributed by atoms with E-state index in [1.165, 1.54) is 6.92 Å². The lowest BCUT2D eigenvalue weighted by Crippen LogP contribution is -2.64. The van der Waals surface area contributed by atoms with Crippen LogP contribution in [0.1, 0.15) is 37.0 Å². The fraction of sp³-hybridized carbons (Fsp3) is 0.259. The number of hydrogen-bond donors (Lipinski definition) is 1. The largest absolute Gasteiger partial charge is 0.497 e. The quantitative estimate of drug-likeness (QED) is 0.316. The van der Waals surface area contributed by atoms with Gasteiger partial charge in [-0.2, -0.15) is 0 Å². The van der Waals surface area contributed by atoms with Crippen molar-refractivity contribution in [3.63, 3.8) is 0 Å². The van der Waals surface area contributed by atoms with Crippen molar-refractivity contribution in [1.29, 1.82) is 0 Å². The van der Waals surface area contributed by atoms with Crippen molar-refractivity contribution >= 4 is 17.6 Å². The number of anilines is 1. The number of esters is 1. The van der Waals surface area contributed by atoms with E-state index in [9.17, 15) is 14.7 Å². The Morgan fingerprint density at radius 2 is 1.64 bits per heavy atom. The highest BCUT2D eigenvalue weighted by molar-refractivity contribution is 6.08. The van der Waals surface area contributed by atoms with Gasteiger partial charge in [-0.1, -0.05) is 42.5 Å². The van der Waals surface area contributed by atoms with Crippen LogP contribution in [0.5, 0.6) is 11.5 Å². The fourth-order valence-corrected chi connectivity index (χ4v) is 4.33. The van der Waals surface area contributed by atoms with Crippen LogP contribution >= 0.6 is 0 Å². The number of nitrogens with zero attached hydrogens (tertiary/aromatic N) is 1. The van der Waals surface area contributed by atoms with Crippen molar-refractivity contribution in [2.45, 2.75) is 31.3 Å². The molecule has 0 aromatic heterocycles. The van der Waals surface area contributed by atoms with Crippen LogP contribution < -0.4 is 14.4 Å². The molecule has 6 nitrogen and oxygen atoms in total. The summed E-state index contributed by atoms with van der Waals surface area (Å²) in [6, 6.07) is 23.9. The fourth-order valence-electron chi connectivity index (χ4n) is 4.33. The number of aliphatic hydroxyl groups excluding tert-OH is 1. The van der Waals surface area contributed by atoms with E-state index in [4.69, 9.17) is 9.47 Å². The van der Waals surface area contributed by atoms with Crippen LogP contribution in [0, 0.1) is 0 Å². The minimum Gasteiger partial charge on any atom is -0.497 e. The molecule has 1 aliphatic heterocycles. The van der Waals surface area contributed by atoms with Gasteiger partial charge in [0.05, 0.1) is 18.6 Å². The molecule has 1 N–H and O–H groups in total. The number of aliphatic hydroxyl groups is 1. The Morgan fingerprint density at radius 1 is 1.00 bits per heavy atom. The van der Waals surface area contributed by atoms with Crippen molar-refractivity contribution in [1.82, 2.24) is 0 Å². The normalized spacial score (nSPS) is 18.4. The second-order valence-corrected chi connectivity index (χ2v) is 8.25. The summed E-state index contributed by atoms with van der Waals surface area (Å²) in [5.41, 5.74) is 1.71. The smallest absolute Gasteiger partial charge is 0.308 e. The summed E-state index contributed by atoms with van der Waals surface area (Å²) in [7, 11) is 1.60. The molecule has 170 valence electrons. The maximum Gasteiger partial charge on any atom is 0.308 e. The van der Waals surface area contributed by atoms with Gasteiger partial charge in [0.1, 0.15) is 11.5 Å². The van der Waals surface area contributed by atoms with Gasteiger partial charge in [-0.3, -0.25) is 9.59 Å². The lowest BCUT2D eigenvalue weighted by Gasteiger charge is -2.49. The Balaban J connectivity index is 1.58. The van der Waals surface area contributed by atoms with Gasteiger partial charge in [0, 0.05) is 19.2 Å². The van der Waals surface area contributed by atoms with Gasteiger partial charge < -0.3 is 19.5 Å². The highest BCUT2D eigenvalue weighted by atomic mass is 16.5. The predicted octanol–water partition coefficient (Wildman–Crippen LogP) is 4.42. The number of ether oxygens (including phenoxy) is 2. The summed E-state index contributed by atoms with van der Waals surface area (Å²) >= 11 is 0. The molecular weight excluding hydrogens is 418 g/mol. The van der Waals surface area contributed by atoms with E-state index in [0.29, 0.717) is 25.1 Å². The number of rotatable bonds is 8. The average molecular weight is 446 g/mol. The summed E-state index contributed by atoms with van der Waals surface area (Å²) in [5.74, 6) is 0.747. The lowest BCUT2D eigenvalue weighted by molar-refractivity contribution is -0.132. The van der Waals surface area contributed by atoms with Crippen LogP contribution in [-0.4, -0.2) is 30.6 Å². The molecule has 0 aliphatic carbocycles. The molecule has 0 radical (unpaired) electrons. The van der Waals surface area contributed by atoms with E-state index in [1.807, 2.05) is 66.7 Å². The number of β-lactam (4-membered cyclic amide) rings is 1. The van der Waals surface area contributed by atoms with E-state index in [2.05, 4.69) is 0 Å². The molecule has 1 heterocycles. The first-order valence-electron chi connectivity index (χ1n) is 10.9. The first-order valence-corrected chi connectivity index (χ1v) is 10.9. The van der Waals surface area contributed by atoms with Crippen LogP contribution in [0.15, 0.2) is 78.9 Å². The standard InChI is InChI=1S/C27H27NO5/c1-19(29)33-24-12-8-21(9-13-24)27(17-16-25(30)20-6-4-3-5-7-20)18-28(26(27)31)22-10-14-23(32-2)15-11-22/h3-15,25,30H,16-18H2,1-2H3/t25-,27-/m0/s1. The number of benzene rings is 3. The summed E-state index contributed by atoms with van der Waals surface area (Å²) in [4.78, 5) is 26.6. The van der Waals surface area contributed by atoms with E-state index < -0.39 is 17.5 Å². The third-order valence-corrected chi connectivity index (χ3v) is 6.16. The van der Waals surface area contributed by atoms with Crippen molar-refractivity contribution in [2.24, 2.45) is 0 Å². The number of carbonyl (C=O) groups is 2. The molecule has 3 aromatic rings. The summed E-state index contributed by atoms with van der Waals surface area (Å²) in [6.07, 6.45) is 0.269. The zero-order valence-electron chi connectivity index (χ0n) is 18.7. The maximum atomic E-state index is 13.6. The summed E-state index contributed by atoms with van der Waals surface area (Å²) in [5, 5.41) is 10.7. The monoisotopic (exact) mass is 445 g/mol. The number of amides is 1. The first-order chi connectivity index (χ1) is 15.9. The van der Waals surface area contributed by atoms with Crippen molar-refractivity contribution in [3.05, 3.63) is 90.0 Å². The molecule has 33 heavy (non-hydrogen) atoms. The minimum absolute atomic E-state index is 0.0202. The van der Waals surface area contributed by atoms with E-state index in [0.717, 1.165) is 22.6 Å². The molecule has 1 fully saturated rings. The number of carbonyl (C=O) groups excluding carboxylic acids is 2. The Hall–Kier alpha value is -3.64.